The average Bonchev–Trinajstić information content (AvgIpc) is 3.50. The average molecular weight is 561 g/mol. The third kappa shape index (κ3) is 4.80. The van der Waals surface area contributed by atoms with Crippen molar-refractivity contribution in [2.24, 2.45) is 0 Å². The number of H-pyrrole nitrogens is 1. The number of nitrogens with zero attached hydrogens (tertiary/aromatic N) is 7. The molecule has 5 rings (SSSR count). The van der Waals surface area contributed by atoms with E-state index in [1.807, 2.05) is 18.2 Å². The van der Waals surface area contributed by atoms with Gasteiger partial charge in [0.25, 0.3) is 5.89 Å². The lowest BCUT2D eigenvalue weighted by Gasteiger charge is -2.29. The van der Waals surface area contributed by atoms with Crippen LogP contribution in [0.4, 0.5) is 12.0 Å². The second-order valence-electron chi connectivity index (χ2n) is 7.49. The van der Waals surface area contributed by atoms with E-state index in [9.17, 15) is 0 Å². The highest BCUT2D eigenvalue weighted by Crippen LogP contribution is 2.29. The van der Waals surface area contributed by atoms with Crippen LogP contribution >= 0.6 is 31.9 Å². The monoisotopic (exact) mass is 559 g/mol. The summed E-state index contributed by atoms with van der Waals surface area (Å²) in [5, 5.41) is 22.2. The molecule has 0 unspecified atom stereocenters. The number of aromatic amines is 1. The lowest BCUT2D eigenvalue weighted by Crippen LogP contribution is -2.33. The summed E-state index contributed by atoms with van der Waals surface area (Å²) in [6, 6.07) is 6.59. The van der Waals surface area contributed by atoms with Crippen molar-refractivity contribution in [1.82, 2.24) is 35.6 Å². The van der Waals surface area contributed by atoms with Crippen molar-refractivity contribution >= 4 is 43.8 Å². The summed E-state index contributed by atoms with van der Waals surface area (Å²) < 4.78 is 7.91. The molecule has 0 amide bonds. The van der Waals surface area contributed by atoms with Crippen molar-refractivity contribution in [3.8, 4) is 11.5 Å². The summed E-state index contributed by atoms with van der Waals surface area (Å²) in [4.78, 5) is 10.8. The van der Waals surface area contributed by atoms with Crippen LogP contribution in [-0.4, -0.2) is 48.7 Å². The molecule has 3 aromatic heterocycles. The second kappa shape index (κ2) is 9.33. The van der Waals surface area contributed by atoms with Gasteiger partial charge in [-0.1, -0.05) is 42.2 Å². The number of halogens is 2. The molecule has 0 bridgehead atoms. The molecule has 164 valence electrons. The molecule has 10 nitrogen and oxygen atoms in total. The fourth-order valence-corrected chi connectivity index (χ4v) is 5.06. The van der Waals surface area contributed by atoms with E-state index in [-0.39, 0.29) is 0 Å². The molecule has 1 fully saturated rings. The second-order valence-corrected chi connectivity index (χ2v) is 9.32. The molecule has 0 aliphatic carbocycles. The molecule has 4 heterocycles. The maximum absolute atomic E-state index is 5.89. The fraction of sp³-hybridized carbons (Fsp3) is 0.300. The number of anilines is 2. The Hall–Kier alpha value is -2.86. The Morgan fingerprint density at radius 1 is 1.03 bits per heavy atom. The van der Waals surface area contributed by atoms with Gasteiger partial charge in [0, 0.05) is 46.9 Å². The minimum atomic E-state index is 0.405. The molecule has 0 saturated carbocycles. The van der Waals surface area contributed by atoms with Crippen LogP contribution in [0.2, 0.25) is 0 Å². The largest absolute Gasteiger partial charge is 0.403 e. The normalized spacial score (nSPS) is 14.6. The van der Waals surface area contributed by atoms with E-state index in [1.54, 1.807) is 18.6 Å². The molecule has 0 atom stereocenters. The van der Waals surface area contributed by atoms with Crippen LogP contribution in [0.5, 0.6) is 0 Å². The molecule has 1 aromatic carbocycles. The molecular formula is C20H19Br2N9O. The van der Waals surface area contributed by atoms with Crippen LogP contribution < -0.4 is 10.2 Å². The number of hydrogen-bond acceptors (Lipinski definition) is 9. The van der Waals surface area contributed by atoms with Crippen LogP contribution in [0.3, 0.4) is 0 Å². The number of aromatic nitrogens is 7. The van der Waals surface area contributed by atoms with Crippen molar-refractivity contribution in [2.75, 3.05) is 23.3 Å². The predicted molar refractivity (Wildman–Crippen MR) is 125 cm³/mol. The Bertz CT molecular complexity index is 1150. The van der Waals surface area contributed by atoms with Gasteiger partial charge in [-0.05, 0) is 36.6 Å². The standard InChI is InChI=1S/C20H19Br2N9O/c21-15-5-12(6-16(22)7-15)8-23-19-24-9-14(10-25-19)18-28-29-20(32-18)31-3-1-13(2-4-31)17-11-26-30-27-17/h5-7,9-11,13H,1-4,8H2,(H,23,24,25)(H,26,27,30). The molecule has 12 heteroatoms. The molecular weight excluding hydrogens is 542 g/mol. The van der Waals surface area contributed by atoms with Gasteiger partial charge in [-0.15, -0.1) is 10.2 Å². The molecule has 32 heavy (non-hydrogen) atoms. The summed E-state index contributed by atoms with van der Waals surface area (Å²) in [5.41, 5.74) is 2.86. The zero-order chi connectivity index (χ0) is 21.9. The first-order valence-corrected chi connectivity index (χ1v) is 11.7. The molecule has 4 aromatic rings. The van der Waals surface area contributed by atoms with Gasteiger partial charge in [-0.3, -0.25) is 5.10 Å². The van der Waals surface area contributed by atoms with Crippen LogP contribution in [0.15, 0.2) is 50.2 Å². The van der Waals surface area contributed by atoms with Gasteiger partial charge in [-0.2, -0.15) is 0 Å². The highest BCUT2D eigenvalue weighted by Gasteiger charge is 2.25. The summed E-state index contributed by atoms with van der Waals surface area (Å²) in [6.07, 6.45) is 7.10. The minimum absolute atomic E-state index is 0.405. The van der Waals surface area contributed by atoms with Gasteiger partial charge in [0.05, 0.1) is 17.5 Å². The van der Waals surface area contributed by atoms with Crippen molar-refractivity contribution < 1.29 is 4.42 Å². The number of nitrogens with one attached hydrogen (secondary N) is 2. The van der Waals surface area contributed by atoms with Gasteiger partial charge >= 0.3 is 6.01 Å². The SMILES string of the molecule is Brc1cc(Br)cc(CNc2ncc(-c3nnc(N4CCC(c5cnn[nH]5)CC4)o3)cn2)c1. The Balaban J connectivity index is 1.19. The van der Waals surface area contributed by atoms with Crippen molar-refractivity contribution in [3.05, 3.63) is 57.0 Å². The zero-order valence-electron chi connectivity index (χ0n) is 16.9. The maximum Gasteiger partial charge on any atom is 0.318 e. The molecule has 0 spiro atoms. The molecule has 2 N–H and O–H groups in total. The van der Waals surface area contributed by atoms with E-state index in [1.165, 1.54) is 0 Å². The Morgan fingerprint density at radius 2 is 1.78 bits per heavy atom. The van der Waals surface area contributed by atoms with Crippen LogP contribution in [0.1, 0.15) is 30.0 Å². The van der Waals surface area contributed by atoms with Crippen molar-refractivity contribution in [3.63, 3.8) is 0 Å². The number of hydrogen-bond donors (Lipinski definition) is 2. The smallest absolute Gasteiger partial charge is 0.318 e. The number of benzene rings is 1. The summed E-state index contributed by atoms with van der Waals surface area (Å²) in [7, 11) is 0. The van der Waals surface area contributed by atoms with Gasteiger partial charge in [0.1, 0.15) is 0 Å². The van der Waals surface area contributed by atoms with Gasteiger partial charge in [0.15, 0.2) is 0 Å². The maximum atomic E-state index is 5.89. The van der Waals surface area contributed by atoms with Gasteiger partial charge < -0.3 is 14.6 Å². The van der Waals surface area contributed by atoms with Gasteiger partial charge in [0.2, 0.25) is 5.95 Å². The summed E-state index contributed by atoms with van der Waals surface area (Å²) in [5.74, 6) is 1.36. The fourth-order valence-electron chi connectivity index (χ4n) is 3.67. The number of piperidine rings is 1. The first-order chi connectivity index (χ1) is 15.6. The first kappa shape index (κ1) is 21.0. The lowest BCUT2D eigenvalue weighted by atomic mass is 9.94. The Labute approximate surface area is 200 Å². The quantitative estimate of drug-likeness (QED) is 0.358. The lowest BCUT2D eigenvalue weighted by molar-refractivity contribution is 0.456. The minimum Gasteiger partial charge on any atom is -0.403 e. The van der Waals surface area contributed by atoms with Crippen molar-refractivity contribution in [2.45, 2.75) is 25.3 Å². The topological polar surface area (TPSA) is 122 Å². The van der Waals surface area contributed by atoms with E-state index in [0.717, 1.165) is 46.1 Å². The van der Waals surface area contributed by atoms with E-state index < -0.39 is 0 Å². The van der Waals surface area contributed by atoms with Crippen molar-refractivity contribution in [1.29, 1.82) is 0 Å². The highest BCUT2D eigenvalue weighted by molar-refractivity contribution is 9.11. The molecule has 0 radical (unpaired) electrons. The highest BCUT2D eigenvalue weighted by atomic mass is 79.9. The molecule has 1 aliphatic rings. The molecule has 1 saturated heterocycles. The van der Waals surface area contributed by atoms with Gasteiger partial charge in [-0.25, -0.2) is 9.97 Å². The predicted octanol–water partition coefficient (Wildman–Crippen LogP) is 4.17. The third-order valence-electron chi connectivity index (χ3n) is 5.33. The zero-order valence-corrected chi connectivity index (χ0v) is 20.0. The van der Waals surface area contributed by atoms with E-state index >= 15 is 0 Å². The summed E-state index contributed by atoms with van der Waals surface area (Å²) in [6.45, 7) is 2.26. The summed E-state index contributed by atoms with van der Waals surface area (Å²) >= 11 is 6.99. The van der Waals surface area contributed by atoms with Crippen LogP contribution in [-0.2, 0) is 6.54 Å². The third-order valence-corrected chi connectivity index (χ3v) is 6.24. The van der Waals surface area contributed by atoms with E-state index in [4.69, 9.17) is 4.42 Å². The van der Waals surface area contributed by atoms with E-state index in [2.05, 4.69) is 77.7 Å². The Kier molecular flexibility index (Phi) is 6.12. The number of rotatable bonds is 6. The Morgan fingerprint density at radius 3 is 2.47 bits per heavy atom. The molecule has 1 aliphatic heterocycles. The van der Waals surface area contributed by atoms with Crippen LogP contribution in [0.25, 0.3) is 11.5 Å². The van der Waals surface area contributed by atoms with Crippen LogP contribution in [0, 0.1) is 0 Å². The van der Waals surface area contributed by atoms with E-state index in [0.29, 0.717) is 35.9 Å². The first-order valence-electron chi connectivity index (χ1n) is 10.1.